The molecule has 1 unspecified atom stereocenters. The fourth-order valence-electron chi connectivity index (χ4n) is 7.78. The Kier molecular flexibility index (Phi) is 8.36. The summed E-state index contributed by atoms with van der Waals surface area (Å²) in [5, 5.41) is 0. The summed E-state index contributed by atoms with van der Waals surface area (Å²) >= 11 is 4.67. The lowest BCUT2D eigenvalue weighted by atomic mass is 9.78. The van der Waals surface area contributed by atoms with Crippen molar-refractivity contribution in [2.45, 2.75) is 73.6 Å². The molecule has 0 nitrogen and oxygen atoms in total. The van der Waals surface area contributed by atoms with Gasteiger partial charge in [0.05, 0.1) is 0 Å². The van der Waals surface area contributed by atoms with Crippen molar-refractivity contribution in [3.63, 3.8) is 0 Å². The molecule has 0 spiro atoms. The van der Waals surface area contributed by atoms with Gasteiger partial charge in [-0.3, -0.25) is 0 Å². The maximum atomic E-state index is 4.67. The topological polar surface area (TPSA) is 0 Å². The average Bonchev–Trinajstić information content (AvgIpc) is 3.22. The van der Waals surface area contributed by atoms with Gasteiger partial charge in [-0.15, -0.1) is 0 Å². The van der Waals surface area contributed by atoms with Crippen LogP contribution >= 0.6 is 15.9 Å². The number of allylic oxidation sites excluding steroid dienone is 4. The van der Waals surface area contributed by atoms with Gasteiger partial charge in [0.15, 0.2) is 0 Å². The first-order valence-corrected chi connectivity index (χ1v) is 17.1. The SMILES string of the molecule is Cc1cc(C)cc(C2=C(c3cc(C)cc(C)c3)C(Br)(c3cc(C)cc(C)c3)C(c3cc(C)ccc3C)=C2c2cc(C)cc(C)c2)c1. The average molecular weight is 666 g/mol. The highest BCUT2D eigenvalue weighted by atomic mass is 79.9. The van der Waals surface area contributed by atoms with E-state index in [4.69, 9.17) is 0 Å². The van der Waals surface area contributed by atoms with E-state index in [0.29, 0.717) is 0 Å². The second-order valence-electron chi connectivity index (χ2n) is 14.0. The van der Waals surface area contributed by atoms with Crippen molar-refractivity contribution in [3.05, 3.63) is 174 Å². The summed E-state index contributed by atoms with van der Waals surface area (Å²) in [6, 6.07) is 35.1. The smallest absolute Gasteiger partial charge is 0.0695 e. The predicted molar refractivity (Wildman–Crippen MR) is 204 cm³/mol. The lowest BCUT2D eigenvalue weighted by molar-refractivity contribution is 1.06. The van der Waals surface area contributed by atoms with Crippen LogP contribution in [0.5, 0.6) is 0 Å². The maximum absolute atomic E-state index is 4.67. The van der Waals surface area contributed by atoms with Gasteiger partial charge in [-0.2, -0.15) is 0 Å². The molecule has 1 aliphatic carbocycles. The zero-order valence-corrected chi connectivity index (χ0v) is 30.6. The Morgan fingerprint density at radius 1 is 0.370 bits per heavy atom. The highest BCUT2D eigenvalue weighted by Gasteiger charge is 2.49. The van der Waals surface area contributed by atoms with Gasteiger partial charge in [-0.25, -0.2) is 0 Å². The molecule has 0 fully saturated rings. The fraction of sp³-hybridized carbons (Fsp3) is 0.244. The monoisotopic (exact) mass is 664 g/mol. The first-order chi connectivity index (χ1) is 21.7. The minimum atomic E-state index is -0.622. The maximum Gasteiger partial charge on any atom is 0.103 e. The number of alkyl halides is 1. The van der Waals surface area contributed by atoms with E-state index in [0.717, 1.165) is 0 Å². The molecular formula is C45H45Br. The highest BCUT2D eigenvalue weighted by molar-refractivity contribution is 9.10. The summed E-state index contributed by atoms with van der Waals surface area (Å²) in [6.45, 7) is 22.3. The molecule has 0 heterocycles. The molecule has 46 heavy (non-hydrogen) atoms. The van der Waals surface area contributed by atoms with Crippen molar-refractivity contribution in [1.29, 1.82) is 0 Å². The molecule has 1 aliphatic rings. The molecule has 232 valence electrons. The first-order valence-electron chi connectivity index (χ1n) is 16.4. The minimum absolute atomic E-state index is 0.622. The third-order valence-corrected chi connectivity index (χ3v) is 10.5. The minimum Gasteiger partial charge on any atom is -0.0695 e. The largest absolute Gasteiger partial charge is 0.103 e. The number of hydrogen-bond donors (Lipinski definition) is 0. The van der Waals surface area contributed by atoms with Crippen molar-refractivity contribution in [3.8, 4) is 0 Å². The molecule has 0 bridgehead atoms. The fourth-order valence-corrected chi connectivity index (χ4v) is 8.85. The molecule has 1 heteroatoms. The van der Waals surface area contributed by atoms with E-state index in [2.05, 4.69) is 176 Å². The third kappa shape index (κ3) is 5.75. The summed E-state index contributed by atoms with van der Waals surface area (Å²) in [5.41, 5.74) is 24.2. The van der Waals surface area contributed by atoms with Gasteiger partial charge >= 0.3 is 0 Å². The molecule has 1 atom stereocenters. The molecule has 6 rings (SSSR count). The quantitative estimate of drug-likeness (QED) is 0.164. The van der Waals surface area contributed by atoms with Crippen molar-refractivity contribution < 1.29 is 0 Å². The molecule has 0 N–H and O–H groups in total. The number of hydrogen-bond acceptors (Lipinski definition) is 0. The van der Waals surface area contributed by atoms with Crippen LogP contribution in [-0.4, -0.2) is 0 Å². The van der Waals surface area contributed by atoms with Gasteiger partial charge in [0, 0.05) is 0 Å². The van der Waals surface area contributed by atoms with E-state index in [1.807, 2.05) is 0 Å². The zero-order chi connectivity index (χ0) is 33.1. The second kappa shape index (κ2) is 12.0. The lowest BCUT2D eigenvalue weighted by Crippen LogP contribution is -2.22. The van der Waals surface area contributed by atoms with Crippen molar-refractivity contribution in [2.75, 3.05) is 0 Å². The molecule has 0 amide bonds. The van der Waals surface area contributed by atoms with Crippen LogP contribution in [0.3, 0.4) is 0 Å². The van der Waals surface area contributed by atoms with E-state index in [1.54, 1.807) is 0 Å². The normalized spacial score (nSPS) is 16.5. The summed E-state index contributed by atoms with van der Waals surface area (Å²) in [4.78, 5) is 0. The number of rotatable bonds is 5. The number of benzene rings is 5. The predicted octanol–water partition coefficient (Wildman–Crippen LogP) is 12.6. The Morgan fingerprint density at radius 2 is 0.739 bits per heavy atom. The Morgan fingerprint density at radius 3 is 1.17 bits per heavy atom. The first kappa shape index (κ1) is 32.0. The third-order valence-electron chi connectivity index (χ3n) is 9.25. The highest BCUT2D eigenvalue weighted by Crippen LogP contribution is 2.65. The van der Waals surface area contributed by atoms with Gasteiger partial charge in [-0.1, -0.05) is 157 Å². The van der Waals surface area contributed by atoms with Crippen LogP contribution in [-0.2, 0) is 4.32 Å². The Balaban J connectivity index is 1.94. The molecule has 0 saturated heterocycles. The van der Waals surface area contributed by atoms with Crippen LogP contribution in [0.25, 0.3) is 22.3 Å². The van der Waals surface area contributed by atoms with Crippen LogP contribution in [0.15, 0.2) is 91.0 Å². The molecule has 5 aromatic carbocycles. The van der Waals surface area contributed by atoms with E-state index in [-0.39, 0.29) is 0 Å². The van der Waals surface area contributed by atoms with Crippen molar-refractivity contribution in [2.24, 2.45) is 0 Å². The van der Waals surface area contributed by atoms with Crippen LogP contribution in [0.1, 0.15) is 83.5 Å². The van der Waals surface area contributed by atoms with Gasteiger partial charge in [0.1, 0.15) is 4.32 Å². The van der Waals surface area contributed by atoms with E-state index >= 15 is 0 Å². The summed E-state index contributed by atoms with van der Waals surface area (Å²) < 4.78 is -0.622. The van der Waals surface area contributed by atoms with Gasteiger partial charge in [-0.05, 0) is 125 Å². The van der Waals surface area contributed by atoms with Crippen LogP contribution in [0.2, 0.25) is 0 Å². The van der Waals surface area contributed by atoms with E-state index < -0.39 is 4.32 Å². The molecule has 0 aromatic heterocycles. The second-order valence-corrected chi connectivity index (χ2v) is 15.2. The summed E-state index contributed by atoms with van der Waals surface area (Å²) in [5.74, 6) is 0. The van der Waals surface area contributed by atoms with Gasteiger partial charge < -0.3 is 0 Å². The number of halogens is 1. The number of aryl methyl sites for hydroxylation is 10. The Bertz CT molecular complexity index is 2020. The van der Waals surface area contributed by atoms with Crippen LogP contribution < -0.4 is 0 Å². The molecule has 0 radical (unpaired) electrons. The Labute approximate surface area is 285 Å². The van der Waals surface area contributed by atoms with Crippen molar-refractivity contribution >= 4 is 38.2 Å². The molecular weight excluding hydrogens is 620 g/mol. The Hall–Kier alpha value is -3.94. The lowest BCUT2D eigenvalue weighted by Gasteiger charge is -2.33. The van der Waals surface area contributed by atoms with E-state index in [1.165, 1.54) is 106 Å². The summed E-state index contributed by atoms with van der Waals surface area (Å²) in [7, 11) is 0. The molecule has 0 saturated carbocycles. The zero-order valence-electron chi connectivity index (χ0n) is 29.0. The molecule has 5 aromatic rings. The van der Waals surface area contributed by atoms with Crippen LogP contribution in [0.4, 0.5) is 0 Å². The van der Waals surface area contributed by atoms with E-state index in [9.17, 15) is 0 Å². The standard InChI is InChI=1S/C45H45Br/c1-26-11-12-35(10)40(25-26)44-42(37-19-29(4)14-30(5)20-37)41(36-17-27(2)13-28(3)18-36)43(38-21-31(6)15-32(7)22-38)45(44,46)39-23-33(8)16-34(9)24-39/h11-25H,1-10H3. The van der Waals surface area contributed by atoms with Gasteiger partial charge in [0.2, 0.25) is 0 Å². The van der Waals surface area contributed by atoms with Crippen molar-refractivity contribution in [1.82, 2.24) is 0 Å². The molecule has 0 aliphatic heterocycles. The van der Waals surface area contributed by atoms with Crippen LogP contribution in [0, 0.1) is 69.2 Å². The van der Waals surface area contributed by atoms with Gasteiger partial charge in [0.25, 0.3) is 0 Å². The summed E-state index contributed by atoms with van der Waals surface area (Å²) in [6.07, 6.45) is 0.